The summed E-state index contributed by atoms with van der Waals surface area (Å²) in [5.41, 5.74) is 1.27. The van der Waals surface area contributed by atoms with Crippen molar-refractivity contribution in [1.29, 1.82) is 0 Å². The van der Waals surface area contributed by atoms with E-state index in [9.17, 15) is 9.59 Å². The summed E-state index contributed by atoms with van der Waals surface area (Å²) in [5, 5.41) is 6.68. The van der Waals surface area contributed by atoms with Gasteiger partial charge < -0.3 is 20.4 Å². The van der Waals surface area contributed by atoms with E-state index < -0.39 is 0 Å². The number of hydrogen-bond donors (Lipinski definition) is 2. The maximum Gasteiger partial charge on any atom is 0.223 e. The van der Waals surface area contributed by atoms with E-state index in [0.29, 0.717) is 25.3 Å². The van der Waals surface area contributed by atoms with Crippen LogP contribution in [0.5, 0.6) is 0 Å². The molecule has 0 radical (unpaired) electrons. The monoisotopic (exact) mass is 569 g/mol. The molecule has 0 aromatic heterocycles. The van der Waals surface area contributed by atoms with Crippen LogP contribution in [-0.2, 0) is 16.0 Å². The van der Waals surface area contributed by atoms with Crippen LogP contribution in [0.3, 0.4) is 0 Å². The molecule has 7 nitrogen and oxygen atoms in total. The van der Waals surface area contributed by atoms with E-state index in [1.165, 1.54) is 5.56 Å². The minimum Gasteiger partial charge on any atom is -0.357 e. The molecular weight excluding hydrogens is 529 g/mol. The van der Waals surface area contributed by atoms with Crippen LogP contribution in [0.4, 0.5) is 0 Å². The molecule has 1 aromatic rings. The van der Waals surface area contributed by atoms with Crippen LogP contribution in [0.25, 0.3) is 0 Å². The lowest BCUT2D eigenvalue weighted by Crippen LogP contribution is -2.40. The lowest BCUT2D eigenvalue weighted by Gasteiger charge is -2.21. The van der Waals surface area contributed by atoms with Gasteiger partial charge in [-0.1, -0.05) is 36.8 Å². The summed E-state index contributed by atoms with van der Waals surface area (Å²) in [6.45, 7) is 7.53. The summed E-state index contributed by atoms with van der Waals surface area (Å²) in [7, 11) is 0. The SMILES string of the molecule is CCNC(=NCC1CC(=O)N(CCc2ccccc2)C1)NCCCN1CCCCCC1=O.I. The van der Waals surface area contributed by atoms with Crippen LogP contribution in [0, 0.1) is 5.92 Å². The van der Waals surface area contributed by atoms with E-state index in [4.69, 9.17) is 4.99 Å². The second-order valence-electron chi connectivity index (χ2n) is 8.84. The molecule has 33 heavy (non-hydrogen) atoms. The smallest absolute Gasteiger partial charge is 0.223 e. The Morgan fingerprint density at radius 2 is 1.85 bits per heavy atom. The van der Waals surface area contributed by atoms with Crippen LogP contribution >= 0.6 is 24.0 Å². The second kappa shape index (κ2) is 15.1. The first-order valence-corrected chi connectivity index (χ1v) is 12.3. The molecule has 184 valence electrons. The van der Waals surface area contributed by atoms with Crippen LogP contribution in [0.1, 0.15) is 51.0 Å². The lowest BCUT2D eigenvalue weighted by atomic mass is 10.1. The van der Waals surface area contributed by atoms with E-state index in [2.05, 4.69) is 29.7 Å². The van der Waals surface area contributed by atoms with Crippen molar-refractivity contribution in [3.05, 3.63) is 35.9 Å². The number of rotatable bonds is 10. The Hall–Kier alpha value is -1.84. The molecule has 2 saturated heterocycles. The van der Waals surface area contributed by atoms with Gasteiger partial charge in [-0.05, 0) is 38.2 Å². The molecule has 2 heterocycles. The van der Waals surface area contributed by atoms with Gasteiger partial charge in [-0.25, -0.2) is 0 Å². The summed E-state index contributed by atoms with van der Waals surface area (Å²) in [6.07, 6.45) is 6.38. The van der Waals surface area contributed by atoms with Gasteiger partial charge in [0.25, 0.3) is 0 Å². The van der Waals surface area contributed by atoms with E-state index in [-0.39, 0.29) is 35.8 Å². The molecule has 0 saturated carbocycles. The fourth-order valence-electron chi connectivity index (χ4n) is 4.41. The number of carbonyl (C=O) groups is 2. The normalized spacial score (nSPS) is 19.3. The van der Waals surface area contributed by atoms with Crippen molar-refractivity contribution in [2.24, 2.45) is 10.9 Å². The third-order valence-corrected chi connectivity index (χ3v) is 6.23. The molecule has 1 unspecified atom stereocenters. The minimum absolute atomic E-state index is 0. The van der Waals surface area contributed by atoms with E-state index in [0.717, 1.165) is 77.3 Å². The summed E-state index contributed by atoms with van der Waals surface area (Å²) in [4.78, 5) is 33.2. The molecule has 1 atom stereocenters. The molecule has 2 fully saturated rings. The molecule has 0 spiro atoms. The number of benzene rings is 1. The number of halogens is 1. The van der Waals surface area contributed by atoms with Gasteiger partial charge in [0.15, 0.2) is 5.96 Å². The molecule has 2 aliphatic heterocycles. The highest BCUT2D eigenvalue weighted by Gasteiger charge is 2.29. The predicted molar refractivity (Wildman–Crippen MR) is 144 cm³/mol. The van der Waals surface area contributed by atoms with E-state index in [1.54, 1.807) is 0 Å². The lowest BCUT2D eigenvalue weighted by molar-refractivity contribution is -0.130. The number of guanidine groups is 1. The van der Waals surface area contributed by atoms with Gasteiger partial charge in [0.05, 0.1) is 0 Å². The summed E-state index contributed by atoms with van der Waals surface area (Å²) >= 11 is 0. The highest BCUT2D eigenvalue weighted by atomic mass is 127. The van der Waals surface area contributed by atoms with Crippen LogP contribution < -0.4 is 10.6 Å². The highest BCUT2D eigenvalue weighted by Crippen LogP contribution is 2.18. The van der Waals surface area contributed by atoms with Crippen molar-refractivity contribution in [3.63, 3.8) is 0 Å². The van der Waals surface area contributed by atoms with Crippen molar-refractivity contribution in [3.8, 4) is 0 Å². The molecule has 3 rings (SSSR count). The quantitative estimate of drug-likeness (QED) is 0.197. The average molecular weight is 570 g/mol. The number of nitrogens with zero attached hydrogens (tertiary/aromatic N) is 3. The van der Waals surface area contributed by atoms with E-state index >= 15 is 0 Å². The van der Waals surface area contributed by atoms with Crippen LogP contribution in [-0.4, -0.2) is 73.4 Å². The first kappa shape index (κ1) is 27.4. The van der Waals surface area contributed by atoms with Gasteiger partial charge in [0.2, 0.25) is 11.8 Å². The number of hydrogen-bond acceptors (Lipinski definition) is 3. The third kappa shape index (κ3) is 9.51. The van der Waals surface area contributed by atoms with Crippen molar-refractivity contribution in [1.82, 2.24) is 20.4 Å². The summed E-state index contributed by atoms with van der Waals surface area (Å²) in [5.74, 6) is 1.60. The van der Waals surface area contributed by atoms with Crippen molar-refractivity contribution < 1.29 is 9.59 Å². The Bertz CT molecular complexity index is 758. The topological polar surface area (TPSA) is 77.0 Å². The standard InChI is InChI=1S/C25H39N5O2.HI/c1-2-26-25(27-14-9-16-29-15-8-4-7-12-23(29)31)28-19-22-18-24(32)30(20-22)17-13-21-10-5-3-6-11-21;/h3,5-6,10-11,22H,2,4,7-9,12-20H2,1H3,(H2,26,27,28);1H. The van der Waals surface area contributed by atoms with Gasteiger partial charge >= 0.3 is 0 Å². The maximum absolute atomic E-state index is 12.4. The first-order chi connectivity index (χ1) is 15.7. The molecule has 2 amide bonds. The fourth-order valence-corrected chi connectivity index (χ4v) is 4.41. The molecule has 0 aliphatic carbocycles. The molecule has 2 aliphatic rings. The minimum atomic E-state index is 0. The van der Waals surface area contributed by atoms with Crippen molar-refractivity contribution >= 4 is 41.8 Å². The molecule has 1 aromatic carbocycles. The van der Waals surface area contributed by atoms with Crippen LogP contribution in [0.15, 0.2) is 35.3 Å². The number of carbonyl (C=O) groups excluding carboxylic acids is 2. The Kier molecular flexibility index (Phi) is 12.6. The molecular formula is C25H40IN5O2. The molecule has 2 N–H and O–H groups in total. The zero-order valence-corrected chi connectivity index (χ0v) is 22.3. The van der Waals surface area contributed by atoms with Crippen molar-refractivity contribution in [2.75, 3.05) is 45.8 Å². The zero-order valence-electron chi connectivity index (χ0n) is 19.9. The van der Waals surface area contributed by atoms with Crippen molar-refractivity contribution in [2.45, 2.75) is 51.9 Å². The Balaban J connectivity index is 0.00000385. The zero-order chi connectivity index (χ0) is 22.6. The van der Waals surface area contributed by atoms with E-state index in [1.807, 2.05) is 28.0 Å². The highest BCUT2D eigenvalue weighted by molar-refractivity contribution is 14.0. The van der Waals surface area contributed by atoms with Gasteiger partial charge in [-0.3, -0.25) is 14.6 Å². The Morgan fingerprint density at radius 1 is 1.03 bits per heavy atom. The van der Waals surface area contributed by atoms with Crippen LogP contribution in [0.2, 0.25) is 0 Å². The molecule has 8 heteroatoms. The summed E-state index contributed by atoms with van der Waals surface area (Å²) in [6, 6.07) is 10.3. The second-order valence-corrected chi connectivity index (χ2v) is 8.84. The number of likely N-dealkylation sites (tertiary alicyclic amines) is 2. The fraction of sp³-hybridized carbons (Fsp3) is 0.640. The van der Waals surface area contributed by atoms with Gasteiger partial charge in [0.1, 0.15) is 0 Å². The number of amides is 2. The van der Waals surface area contributed by atoms with Gasteiger partial charge in [-0.15, -0.1) is 24.0 Å². The maximum atomic E-state index is 12.4. The first-order valence-electron chi connectivity index (χ1n) is 12.3. The van der Waals surface area contributed by atoms with Gasteiger partial charge in [0, 0.05) is 64.6 Å². The number of aliphatic imine (C=N–C) groups is 1. The summed E-state index contributed by atoms with van der Waals surface area (Å²) < 4.78 is 0. The molecule has 0 bridgehead atoms. The largest absolute Gasteiger partial charge is 0.357 e. The third-order valence-electron chi connectivity index (χ3n) is 6.23. The number of nitrogens with one attached hydrogen (secondary N) is 2. The Labute approximate surface area is 215 Å². The Morgan fingerprint density at radius 3 is 2.64 bits per heavy atom. The predicted octanol–water partition coefficient (Wildman–Crippen LogP) is 3.04. The van der Waals surface area contributed by atoms with Gasteiger partial charge in [-0.2, -0.15) is 0 Å². The average Bonchev–Trinajstić information content (AvgIpc) is 3.03.